The molecule has 0 heterocycles. The van der Waals surface area contributed by atoms with E-state index in [1.807, 2.05) is 36.4 Å². The molecule has 138 valence electrons. The number of benzene rings is 2. The number of amides is 1. The number of nitrogens with one attached hydrogen (secondary N) is 1. The van der Waals surface area contributed by atoms with Crippen LogP contribution in [0.2, 0.25) is 0 Å². The fourth-order valence-electron chi connectivity index (χ4n) is 2.54. The van der Waals surface area contributed by atoms with E-state index in [0.717, 1.165) is 25.1 Å². The third-order valence-corrected chi connectivity index (χ3v) is 4.13. The summed E-state index contributed by atoms with van der Waals surface area (Å²) in [6.07, 6.45) is 2.60. The minimum absolute atomic E-state index is 0.0658. The van der Waals surface area contributed by atoms with E-state index in [1.54, 1.807) is 6.21 Å². The van der Waals surface area contributed by atoms with Crippen LogP contribution in [0.25, 0.3) is 0 Å². The second kappa shape index (κ2) is 10.2. The van der Waals surface area contributed by atoms with Gasteiger partial charge in [-0.25, -0.2) is 5.43 Å². The standard InChI is InChI=1S/C21H27N3O2/c1-4-17-9-13-20(14-10-17)26-16-21(25)23-22-15-18-7-11-19(12-8-18)24(5-2)6-3/h7-15H,4-6,16H2,1-3H3,(H,23,25). The molecule has 2 rings (SSSR count). The Morgan fingerprint density at radius 3 is 2.27 bits per heavy atom. The van der Waals surface area contributed by atoms with Gasteiger partial charge in [0.15, 0.2) is 6.61 Å². The van der Waals surface area contributed by atoms with Gasteiger partial charge < -0.3 is 9.64 Å². The molecule has 0 atom stereocenters. The number of carbonyl (C=O) groups excluding carboxylic acids is 1. The van der Waals surface area contributed by atoms with Crippen LogP contribution in [0.1, 0.15) is 31.9 Å². The number of ether oxygens (including phenoxy) is 1. The topological polar surface area (TPSA) is 53.9 Å². The van der Waals surface area contributed by atoms with E-state index in [9.17, 15) is 4.79 Å². The SMILES string of the molecule is CCc1ccc(OCC(=O)NN=Cc2ccc(N(CC)CC)cc2)cc1. The predicted octanol–water partition coefficient (Wildman–Crippen LogP) is 3.62. The summed E-state index contributed by atoms with van der Waals surface area (Å²) in [6, 6.07) is 15.8. The van der Waals surface area contributed by atoms with Gasteiger partial charge in [-0.15, -0.1) is 0 Å². The minimum Gasteiger partial charge on any atom is -0.484 e. The van der Waals surface area contributed by atoms with Crippen LogP contribution in [-0.2, 0) is 11.2 Å². The molecule has 0 aliphatic rings. The molecule has 0 unspecified atom stereocenters. The summed E-state index contributed by atoms with van der Waals surface area (Å²) in [5.41, 5.74) is 5.82. The van der Waals surface area contributed by atoms with Gasteiger partial charge in [-0.2, -0.15) is 5.10 Å². The van der Waals surface area contributed by atoms with Gasteiger partial charge in [0.25, 0.3) is 5.91 Å². The van der Waals surface area contributed by atoms with E-state index in [2.05, 4.69) is 48.3 Å². The van der Waals surface area contributed by atoms with E-state index in [-0.39, 0.29) is 12.5 Å². The first-order valence-corrected chi connectivity index (χ1v) is 9.04. The highest BCUT2D eigenvalue weighted by Gasteiger charge is 2.02. The van der Waals surface area contributed by atoms with E-state index in [0.29, 0.717) is 5.75 Å². The Labute approximate surface area is 155 Å². The van der Waals surface area contributed by atoms with Crippen molar-refractivity contribution in [2.45, 2.75) is 27.2 Å². The lowest BCUT2D eigenvalue weighted by Crippen LogP contribution is -2.24. The van der Waals surface area contributed by atoms with Crippen LogP contribution in [-0.4, -0.2) is 31.8 Å². The number of nitrogens with zero attached hydrogens (tertiary/aromatic N) is 2. The van der Waals surface area contributed by atoms with E-state index >= 15 is 0 Å². The zero-order valence-corrected chi connectivity index (χ0v) is 15.7. The summed E-state index contributed by atoms with van der Waals surface area (Å²) >= 11 is 0. The van der Waals surface area contributed by atoms with Crippen molar-refractivity contribution < 1.29 is 9.53 Å². The van der Waals surface area contributed by atoms with Gasteiger partial charge in [0, 0.05) is 18.8 Å². The number of hydrogen-bond donors (Lipinski definition) is 1. The Kier molecular flexibility index (Phi) is 7.68. The molecule has 0 aromatic heterocycles. The van der Waals surface area contributed by atoms with Crippen LogP contribution in [0.15, 0.2) is 53.6 Å². The summed E-state index contributed by atoms with van der Waals surface area (Å²) in [5.74, 6) is 0.383. The van der Waals surface area contributed by atoms with Crippen molar-refractivity contribution in [1.82, 2.24) is 5.43 Å². The van der Waals surface area contributed by atoms with Crippen molar-refractivity contribution in [1.29, 1.82) is 0 Å². The quantitative estimate of drug-likeness (QED) is 0.553. The van der Waals surface area contributed by atoms with Gasteiger partial charge in [0.1, 0.15) is 5.75 Å². The first-order chi connectivity index (χ1) is 12.7. The van der Waals surface area contributed by atoms with Crippen molar-refractivity contribution in [2.75, 3.05) is 24.6 Å². The molecule has 1 amide bonds. The highest BCUT2D eigenvalue weighted by atomic mass is 16.5. The maximum Gasteiger partial charge on any atom is 0.277 e. The first-order valence-electron chi connectivity index (χ1n) is 9.04. The van der Waals surface area contributed by atoms with Gasteiger partial charge in [-0.3, -0.25) is 4.79 Å². The fourth-order valence-corrected chi connectivity index (χ4v) is 2.54. The Morgan fingerprint density at radius 1 is 1.04 bits per heavy atom. The maximum absolute atomic E-state index is 11.8. The lowest BCUT2D eigenvalue weighted by Gasteiger charge is -2.20. The average Bonchev–Trinajstić information content (AvgIpc) is 2.69. The van der Waals surface area contributed by atoms with E-state index < -0.39 is 0 Å². The monoisotopic (exact) mass is 353 g/mol. The van der Waals surface area contributed by atoms with Crippen molar-refractivity contribution >= 4 is 17.8 Å². The molecule has 0 aliphatic carbocycles. The van der Waals surface area contributed by atoms with Gasteiger partial charge in [-0.1, -0.05) is 31.2 Å². The molecule has 0 fully saturated rings. The molecule has 1 N–H and O–H groups in total. The van der Waals surface area contributed by atoms with Crippen molar-refractivity contribution in [3.05, 3.63) is 59.7 Å². The fraction of sp³-hybridized carbons (Fsp3) is 0.333. The van der Waals surface area contributed by atoms with E-state index in [1.165, 1.54) is 11.3 Å². The molecule has 0 spiro atoms. The summed E-state index contributed by atoms with van der Waals surface area (Å²) in [7, 11) is 0. The zero-order chi connectivity index (χ0) is 18.8. The van der Waals surface area contributed by atoms with Gasteiger partial charge in [0.05, 0.1) is 6.21 Å². The Morgan fingerprint density at radius 2 is 1.69 bits per heavy atom. The highest BCUT2D eigenvalue weighted by molar-refractivity contribution is 5.83. The summed E-state index contributed by atoms with van der Waals surface area (Å²) in [5, 5.41) is 3.98. The number of hydrogen-bond acceptors (Lipinski definition) is 4. The third kappa shape index (κ3) is 5.92. The lowest BCUT2D eigenvalue weighted by molar-refractivity contribution is -0.123. The van der Waals surface area contributed by atoms with Crippen molar-refractivity contribution in [3.63, 3.8) is 0 Å². The van der Waals surface area contributed by atoms with Crippen molar-refractivity contribution in [2.24, 2.45) is 5.10 Å². The number of aryl methyl sites for hydroxylation is 1. The van der Waals surface area contributed by atoms with Crippen LogP contribution in [0.3, 0.4) is 0 Å². The molecule has 0 saturated heterocycles. The molecule has 2 aromatic carbocycles. The molecule has 0 aliphatic heterocycles. The second-order valence-electron chi connectivity index (χ2n) is 5.84. The molecular weight excluding hydrogens is 326 g/mol. The molecular formula is C21H27N3O2. The molecule has 0 bridgehead atoms. The average molecular weight is 353 g/mol. The number of anilines is 1. The van der Waals surface area contributed by atoms with E-state index in [4.69, 9.17) is 4.74 Å². The lowest BCUT2D eigenvalue weighted by atomic mass is 10.2. The number of rotatable bonds is 9. The summed E-state index contributed by atoms with van der Waals surface area (Å²) in [6.45, 7) is 8.24. The number of carbonyl (C=O) groups is 1. The van der Waals surface area contributed by atoms with Crippen molar-refractivity contribution in [3.8, 4) is 5.75 Å². The predicted molar refractivity (Wildman–Crippen MR) is 107 cm³/mol. The zero-order valence-electron chi connectivity index (χ0n) is 15.7. The van der Waals surface area contributed by atoms with Crippen LogP contribution in [0.4, 0.5) is 5.69 Å². The summed E-state index contributed by atoms with van der Waals surface area (Å²) < 4.78 is 5.45. The minimum atomic E-state index is -0.291. The first kappa shape index (κ1) is 19.5. The Bertz CT molecular complexity index is 705. The molecule has 5 heteroatoms. The van der Waals surface area contributed by atoms with Crippen LogP contribution < -0.4 is 15.1 Å². The Balaban J connectivity index is 1.78. The largest absolute Gasteiger partial charge is 0.484 e. The van der Waals surface area contributed by atoms with Crippen LogP contribution >= 0.6 is 0 Å². The third-order valence-electron chi connectivity index (χ3n) is 4.13. The second-order valence-corrected chi connectivity index (χ2v) is 5.84. The normalized spacial score (nSPS) is 10.7. The maximum atomic E-state index is 11.8. The van der Waals surface area contributed by atoms with Crippen LogP contribution in [0, 0.1) is 0 Å². The van der Waals surface area contributed by atoms with Crippen LogP contribution in [0.5, 0.6) is 5.75 Å². The molecule has 2 aromatic rings. The summed E-state index contributed by atoms with van der Waals surface area (Å²) in [4.78, 5) is 14.1. The Hall–Kier alpha value is -2.82. The molecule has 0 radical (unpaired) electrons. The van der Waals surface area contributed by atoms with Gasteiger partial charge in [-0.05, 0) is 55.7 Å². The molecule has 26 heavy (non-hydrogen) atoms. The molecule has 5 nitrogen and oxygen atoms in total. The van der Waals surface area contributed by atoms with Gasteiger partial charge in [0.2, 0.25) is 0 Å². The van der Waals surface area contributed by atoms with Gasteiger partial charge >= 0.3 is 0 Å². The molecule has 0 saturated carbocycles. The highest BCUT2D eigenvalue weighted by Crippen LogP contribution is 2.14. The number of hydrazone groups is 1. The smallest absolute Gasteiger partial charge is 0.277 e.